The summed E-state index contributed by atoms with van der Waals surface area (Å²) < 4.78 is 5.37. The molecule has 0 radical (unpaired) electrons. The van der Waals surface area contributed by atoms with Gasteiger partial charge in [-0.15, -0.1) is 0 Å². The molecule has 0 aliphatic carbocycles. The van der Waals surface area contributed by atoms with E-state index < -0.39 is 40.6 Å². The molecule has 0 aliphatic heterocycles. The van der Waals surface area contributed by atoms with Crippen molar-refractivity contribution in [2.45, 2.75) is 64.1 Å². The Balaban J connectivity index is 1.70. The maximum atomic E-state index is 13.6. The van der Waals surface area contributed by atoms with E-state index in [2.05, 4.69) is 32.4 Å². The van der Waals surface area contributed by atoms with Crippen LogP contribution < -0.4 is 27.0 Å². The second-order valence-electron chi connectivity index (χ2n) is 11.5. The molecule has 0 spiro atoms. The molecular weight excluding hydrogens is 578 g/mol. The fourth-order valence-corrected chi connectivity index (χ4v) is 4.54. The molecule has 0 saturated heterocycles. The Kier molecular flexibility index (Phi) is 12.6. The fraction of sp³-hybridized carbons (Fsp3) is 0.375. The molecule has 240 valence electrons. The first-order valence-corrected chi connectivity index (χ1v) is 14.7. The summed E-state index contributed by atoms with van der Waals surface area (Å²) in [5.41, 5.74) is 6.55. The number of nitrogens with two attached hydrogens (primary N) is 1. The highest BCUT2D eigenvalue weighted by molar-refractivity contribution is 5.91. The number of carbonyl (C=O) groups is 3. The Bertz CT molecular complexity index is 1490. The number of hydrogen-bond donors (Lipinski definition) is 5. The molecule has 3 aromatic carbocycles. The Hall–Kier alpha value is -5.20. The number of amides is 3. The summed E-state index contributed by atoms with van der Waals surface area (Å²) >= 11 is 0. The van der Waals surface area contributed by atoms with E-state index in [9.17, 15) is 24.5 Å². The minimum absolute atomic E-state index is 0.164. The van der Waals surface area contributed by atoms with Crippen LogP contribution in [0.1, 0.15) is 44.7 Å². The Labute approximate surface area is 262 Å². The standard InChI is InChI=1S/C32H41N7O6/c1-32(2,3)45-31(42)37-27(21-22-10-5-4-6-11-22)29(41)36-26(14-9-18-35-30(33)38-39(43)44)28(40)34-19-17-23-15-16-24-12-7-8-13-25(24)20-23/h4-8,10-13,15-16,20,26-27H,9,14,17-19,21H2,1-3H3,(H,34,40)(H,36,41)(H,37,42)(H3,33,35,38)/t26?,27-/m1/s1. The van der Waals surface area contributed by atoms with Crippen LogP contribution >= 0.6 is 0 Å². The lowest BCUT2D eigenvalue weighted by Gasteiger charge is -2.25. The summed E-state index contributed by atoms with van der Waals surface area (Å²) in [4.78, 5) is 50.1. The minimum Gasteiger partial charge on any atom is -0.444 e. The van der Waals surface area contributed by atoms with Crippen molar-refractivity contribution in [2.24, 2.45) is 10.8 Å². The van der Waals surface area contributed by atoms with Crippen molar-refractivity contribution >= 4 is 34.6 Å². The van der Waals surface area contributed by atoms with Crippen molar-refractivity contribution in [3.05, 3.63) is 94.0 Å². The number of benzene rings is 3. The lowest BCUT2D eigenvalue weighted by atomic mass is 10.0. The van der Waals surface area contributed by atoms with E-state index in [0.717, 1.165) is 21.9 Å². The van der Waals surface area contributed by atoms with Gasteiger partial charge in [-0.2, -0.15) is 0 Å². The van der Waals surface area contributed by atoms with E-state index in [1.807, 2.05) is 66.7 Å². The van der Waals surface area contributed by atoms with E-state index in [-0.39, 0.29) is 25.3 Å². The highest BCUT2D eigenvalue weighted by atomic mass is 16.7. The maximum Gasteiger partial charge on any atom is 0.408 e. The zero-order valence-corrected chi connectivity index (χ0v) is 25.7. The molecule has 0 heterocycles. The summed E-state index contributed by atoms with van der Waals surface area (Å²) in [7, 11) is 0. The minimum atomic E-state index is -1.03. The Morgan fingerprint density at radius 3 is 2.24 bits per heavy atom. The number of fused-ring (bicyclic) bond motifs is 1. The summed E-state index contributed by atoms with van der Waals surface area (Å²) in [5, 5.41) is 25.7. The molecule has 1 unspecified atom stereocenters. The molecule has 3 aromatic rings. The van der Waals surface area contributed by atoms with Crippen molar-refractivity contribution < 1.29 is 24.2 Å². The van der Waals surface area contributed by atoms with Crippen LogP contribution in [0.4, 0.5) is 4.79 Å². The average molecular weight is 620 g/mol. The molecule has 6 N–H and O–H groups in total. The highest BCUT2D eigenvalue weighted by Gasteiger charge is 2.28. The monoisotopic (exact) mass is 619 g/mol. The first-order valence-electron chi connectivity index (χ1n) is 14.7. The molecular formula is C32H41N7O6. The van der Waals surface area contributed by atoms with E-state index >= 15 is 0 Å². The zero-order chi connectivity index (χ0) is 32.8. The van der Waals surface area contributed by atoms with Gasteiger partial charge in [-0.25, -0.2) is 14.9 Å². The van der Waals surface area contributed by atoms with Crippen LogP contribution in [0.3, 0.4) is 0 Å². The van der Waals surface area contributed by atoms with Gasteiger partial charge >= 0.3 is 6.09 Å². The summed E-state index contributed by atoms with van der Waals surface area (Å²) in [6.45, 7) is 5.65. The Morgan fingerprint density at radius 2 is 1.56 bits per heavy atom. The van der Waals surface area contributed by atoms with Gasteiger partial charge in [-0.1, -0.05) is 72.8 Å². The van der Waals surface area contributed by atoms with Gasteiger partial charge in [0.1, 0.15) is 22.8 Å². The van der Waals surface area contributed by atoms with Gasteiger partial charge in [0.15, 0.2) is 5.03 Å². The van der Waals surface area contributed by atoms with Crippen LogP contribution in [0.5, 0.6) is 0 Å². The van der Waals surface area contributed by atoms with Crippen LogP contribution in [-0.4, -0.2) is 59.7 Å². The maximum absolute atomic E-state index is 13.6. The molecule has 0 aromatic heterocycles. The van der Waals surface area contributed by atoms with E-state index in [0.29, 0.717) is 19.4 Å². The van der Waals surface area contributed by atoms with Gasteiger partial charge in [0.2, 0.25) is 11.8 Å². The van der Waals surface area contributed by atoms with Crippen molar-refractivity contribution in [1.29, 1.82) is 0 Å². The molecule has 0 bridgehead atoms. The lowest BCUT2D eigenvalue weighted by Crippen LogP contribution is -2.55. The zero-order valence-electron chi connectivity index (χ0n) is 25.7. The highest BCUT2D eigenvalue weighted by Crippen LogP contribution is 2.16. The number of nitrogens with one attached hydrogen (secondary N) is 4. The Morgan fingerprint density at radius 1 is 0.867 bits per heavy atom. The van der Waals surface area contributed by atoms with Crippen molar-refractivity contribution in [3.8, 4) is 0 Å². The van der Waals surface area contributed by atoms with Crippen LogP contribution in [0.25, 0.3) is 10.8 Å². The van der Waals surface area contributed by atoms with Gasteiger partial charge in [0, 0.05) is 19.5 Å². The third-order valence-corrected chi connectivity index (χ3v) is 6.61. The number of hydrazone groups is 1. The molecule has 45 heavy (non-hydrogen) atoms. The number of hydrogen-bond acceptors (Lipinski definition) is 6. The average Bonchev–Trinajstić information content (AvgIpc) is 2.97. The fourth-order valence-electron chi connectivity index (χ4n) is 4.54. The number of guanidine groups is 1. The van der Waals surface area contributed by atoms with Crippen LogP contribution in [0.2, 0.25) is 0 Å². The predicted octanol–water partition coefficient (Wildman–Crippen LogP) is 3.00. The number of carbonyl (C=O) groups excluding carboxylic acids is 3. The number of ether oxygens (including phenoxy) is 1. The van der Waals surface area contributed by atoms with E-state index in [1.165, 1.54) is 0 Å². The molecule has 13 heteroatoms. The summed E-state index contributed by atoms with van der Waals surface area (Å²) in [6, 6.07) is 21.3. The van der Waals surface area contributed by atoms with E-state index in [4.69, 9.17) is 10.5 Å². The molecule has 3 rings (SSSR count). The molecule has 0 saturated carbocycles. The second kappa shape index (κ2) is 16.6. The number of nitro groups is 1. The van der Waals surface area contributed by atoms with Crippen LogP contribution in [0.15, 0.2) is 77.9 Å². The normalized spacial score (nSPS) is 12.9. The number of nitrogens with zero attached hydrogens (tertiary/aromatic N) is 2. The number of alkyl carbamates (subject to hydrolysis) is 1. The molecule has 13 nitrogen and oxygen atoms in total. The van der Waals surface area contributed by atoms with Gasteiger partial charge in [-0.05, 0) is 61.9 Å². The molecule has 0 aliphatic rings. The van der Waals surface area contributed by atoms with Crippen molar-refractivity contribution in [3.63, 3.8) is 0 Å². The second-order valence-corrected chi connectivity index (χ2v) is 11.5. The quantitative estimate of drug-likeness (QED) is 0.0598. The summed E-state index contributed by atoms with van der Waals surface area (Å²) in [6.07, 6.45) is 0.470. The van der Waals surface area contributed by atoms with Gasteiger partial charge in [0.05, 0.1) is 0 Å². The smallest absolute Gasteiger partial charge is 0.408 e. The van der Waals surface area contributed by atoms with Gasteiger partial charge < -0.3 is 31.7 Å². The first-order chi connectivity index (χ1) is 21.4. The van der Waals surface area contributed by atoms with Gasteiger partial charge in [-0.3, -0.25) is 9.59 Å². The lowest BCUT2D eigenvalue weighted by molar-refractivity contribution is -0.485. The largest absolute Gasteiger partial charge is 0.444 e. The first kappa shape index (κ1) is 34.3. The van der Waals surface area contributed by atoms with E-state index in [1.54, 1.807) is 20.8 Å². The number of rotatable bonds is 14. The third kappa shape index (κ3) is 12.5. The van der Waals surface area contributed by atoms with Crippen molar-refractivity contribution in [1.82, 2.24) is 21.3 Å². The predicted molar refractivity (Wildman–Crippen MR) is 172 cm³/mol. The van der Waals surface area contributed by atoms with Crippen LogP contribution in [-0.2, 0) is 27.2 Å². The topological polar surface area (TPSA) is 190 Å². The molecule has 0 fully saturated rings. The summed E-state index contributed by atoms with van der Waals surface area (Å²) in [5.74, 6) is -1.35. The third-order valence-electron chi connectivity index (χ3n) is 6.61. The molecule has 2 atom stereocenters. The SMILES string of the molecule is CC(C)(C)OC(=O)N[C@H](Cc1ccccc1)C(=O)NC(CCCNC(N)=N[N+](=O)[O-])C(=O)NCCc1ccc2ccccc2c1. The van der Waals surface area contributed by atoms with Gasteiger partial charge in [0.25, 0.3) is 5.96 Å². The molecule has 3 amide bonds. The van der Waals surface area contributed by atoms with Crippen LogP contribution in [0, 0.1) is 10.1 Å². The van der Waals surface area contributed by atoms with Crippen molar-refractivity contribution in [2.75, 3.05) is 13.1 Å².